The molecule has 2 nitrogen and oxygen atoms in total. The SMILES string of the molecule is C=Cc1ccccc1C(=O)NC(F)(F)F. The van der Waals surface area contributed by atoms with Gasteiger partial charge in [-0.05, 0) is 11.6 Å². The first-order valence-electron chi connectivity index (χ1n) is 4.05. The smallest absolute Gasteiger partial charge is 0.269 e. The maximum absolute atomic E-state index is 11.9. The fourth-order valence-electron chi connectivity index (χ4n) is 1.08. The van der Waals surface area contributed by atoms with Gasteiger partial charge in [0.25, 0.3) is 5.91 Å². The van der Waals surface area contributed by atoms with E-state index < -0.39 is 12.2 Å². The molecule has 0 saturated heterocycles. The zero-order valence-electron chi connectivity index (χ0n) is 7.64. The third kappa shape index (κ3) is 3.12. The molecule has 5 heteroatoms. The second kappa shape index (κ2) is 4.16. The molecule has 80 valence electrons. The van der Waals surface area contributed by atoms with Crippen LogP contribution in [0.4, 0.5) is 13.2 Å². The lowest BCUT2D eigenvalue weighted by Crippen LogP contribution is -2.37. The molecule has 0 fully saturated rings. The maximum Gasteiger partial charge on any atom is 0.484 e. The van der Waals surface area contributed by atoms with Crippen molar-refractivity contribution in [3.05, 3.63) is 42.0 Å². The van der Waals surface area contributed by atoms with Gasteiger partial charge in [-0.2, -0.15) is 13.2 Å². The van der Waals surface area contributed by atoms with E-state index >= 15 is 0 Å². The largest absolute Gasteiger partial charge is 0.484 e. The van der Waals surface area contributed by atoms with Crippen LogP contribution < -0.4 is 5.32 Å². The summed E-state index contributed by atoms with van der Waals surface area (Å²) in [6.45, 7) is 3.41. The van der Waals surface area contributed by atoms with Gasteiger partial charge in [0.1, 0.15) is 0 Å². The number of amides is 1. The van der Waals surface area contributed by atoms with Crippen LogP contribution in [0.3, 0.4) is 0 Å². The Hall–Kier alpha value is -1.78. The van der Waals surface area contributed by atoms with Crippen LogP contribution >= 0.6 is 0 Å². The Morgan fingerprint density at radius 2 is 1.93 bits per heavy atom. The van der Waals surface area contributed by atoms with E-state index in [0.29, 0.717) is 5.56 Å². The summed E-state index contributed by atoms with van der Waals surface area (Å²) in [5.41, 5.74) is 0.309. The molecule has 0 spiro atoms. The second-order valence-electron chi connectivity index (χ2n) is 2.74. The number of rotatable bonds is 2. The predicted molar refractivity (Wildman–Crippen MR) is 50.1 cm³/mol. The average molecular weight is 215 g/mol. The molecule has 15 heavy (non-hydrogen) atoms. The number of alkyl halides is 3. The topological polar surface area (TPSA) is 29.1 Å². The number of benzene rings is 1. The van der Waals surface area contributed by atoms with Crippen LogP contribution in [-0.4, -0.2) is 12.2 Å². The van der Waals surface area contributed by atoms with Crippen molar-refractivity contribution < 1.29 is 18.0 Å². The fraction of sp³-hybridized carbons (Fsp3) is 0.100. The van der Waals surface area contributed by atoms with E-state index in [1.165, 1.54) is 24.3 Å². The predicted octanol–water partition coefficient (Wildman–Crippen LogP) is 2.58. The van der Waals surface area contributed by atoms with Gasteiger partial charge in [-0.3, -0.25) is 10.1 Å². The summed E-state index contributed by atoms with van der Waals surface area (Å²) in [5, 5.41) is 0.923. The van der Waals surface area contributed by atoms with Crippen LogP contribution in [0.1, 0.15) is 15.9 Å². The molecule has 1 aromatic rings. The van der Waals surface area contributed by atoms with Crippen molar-refractivity contribution in [2.75, 3.05) is 0 Å². The molecule has 0 aromatic heterocycles. The number of carbonyl (C=O) groups is 1. The highest BCUT2D eigenvalue weighted by Crippen LogP contribution is 2.14. The van der Waals surface area contributed by atoms with Crippen molar-refractivity contribution >= 4 is 12.0 Å². The Morgan fingerprint density at radius 3 is 2.47 bits per heavy atom. The van der Waals surface area contributed by atoms with E-state index in [4.69, 9.17) is 0 Å². The maximum atomic E-state index is 11.9. The Balaban J connectivity index is 2.96. The Kier molecular flexibility index (Phi) is 3.14. The first-order valence-corrected chi connectivity index (χ1v) is 4.05. The van der Waals surface area contributed by atoms with Crippen molar-refractivity contribution in [1.29, 1.82) is 0 Å². The summed E-state index contributed by atoms with van der Waals surface area (Å²) in [7, 11) is 0. The third-order valence-corrected chi connectivity index (χ3v) is 1.68. The Labute approximate surface area is 84.4 Å². The molecule has 1 amide bonds. The fourth-order valence-corrected chi connectivity index (χ4v) is 1.08. The Bertz CT molecular complexity index is 384. The van der Waals surface area contributed by atoms with Gasteiger partial charge in [0.15, 0.2) is 0 Å². The molecular weight excluding hydrogens is 207 g/mol. The Morgan fingerprint density at radius 1 is 1.33 bits per heavy atom. The molecule has 0 aliphatic carbocycles. The van der Waals surface area contributed by atoms with Gasteiger partial charge in [-0.25, -0.2) is 0 Å². The molecule has 0 heterocycles. The highest BCUT2D eigenvalue weighted by Gasteiger charge is 2.30. The van der Waals surface area contributed by atoms with Crippen LogP contribution in [-0.2, 0) is 0 Å². The van der Waals surface area contributed by atoms with Gasteiger partial charge in [0.05, 0.1) is 0 Å². The van der Waals surface area contributed by atoms with E-state index in [-0.39, 0.29) is 5.56 Å². The van der Waals surface area contributed by atoms with Crippen molar-refractivity contribution in [2.45, 2.75) is 6.30 Å². The zero-order valence-corrected chi connectivity index (χ0v) is 7.64. The number of nitrogens with one attached hydrogen (secondary N) is 1. The molecule has 0 aliphatic heterocycles. The highest BCUT2D eigenvalue weighted by molar-refractivity contribution is 5.97. The summed E-state index contributed by atoms with van der Waals surface area (Å²) in [4.78, 5) is 11.2. The molecule has 0 bridgehead atoms. The number of carbonyl (C=O) groups excluding carboxylic acids is 1. The summed E-state index contributed by atoms with van der Waals surface area (Å²) >= 11 is 0. The zero-order chi connectivity index (χ0) is 11.5. The van der Waals surface area contributed by atoms with E-state index in [2.05, 4.69) is 6.58 Å². The standard InChI is InChI=1S/C10H8F3NO/c1-2-7-5-3-4-6-8(7)9(15)14-10(11,12)13/h2-6H,1H2,(H,14,15). The lowest BCUT2D eigenvalue weighted by Gasteiger charge is -2.09. The van der Waals surface area contributed by atoms with E-state index in [1.54, 1.807) is 6.07 Å². The van der Waals surface area contributed by atoms with Gasteiger partial charge in [0.2, 0.25) is 0 Å². The van der Waals surface area contributed by atoms with Crippen LogP contribution in [0, 0.1) is 0 Å². The quantitative estimate of drug-likeness (QED) is 0.755. The van der Waals surface area contributed by atoms with Gasteiger partial charge in [0, 0.05) is 5.56 Å². The van der Waals surface area contributed by atoms with Crippen molar-refractivity contribution in [1.82, 2.24) is 5.32 Å². The number of hydrogen-bond acceptors (Lipinski definition) is 1. The van der Waals surface area contributed by atoms with Gasteiger partial charge in [-0.1, -0.05) is 30.9 Å². The highest BCUT2D eigenvalue weighted by atomic mass is 19.4. The molecule has 0 unspecified atom stereocenters. The number of halogens is 3. The van der Waals surface area contributed by atoms with Crippen LogP contribution in [0.15, 0.2) is 30.8 Å². The van der Waals surface area contributed by atoms with Gasteiger partial charge < -0.3 is 0 Å². The lowest BCUT2D eigenvalue weighted by atomic mass is 10.1. The van der Waals surface area contributed by atoms with E-state index in [0.717, 1.165) is 5.32 Å². The van der Waals surface area contributed by atoms with Gasteiger partial charge >= 0.3 is 6.30 Å². The summed E-state index contributed by atoms with van der Waals surface area (Å²) in [6, 6.07) is 5.91. The first kappa shape index (κ1) is 11.3. The first-order chi connectivity index (χ1) is 6.94. The van der Waals surface area contributed by atoms with Crippen molar-refractivity contribution in [3.8, 4) is 0 Å². The van der Waals surface area contributed by atoms with Crippen LogP contribution in [0.5, 0.6) is 0 Å². The minimum absolute atomic E-state index is 0.0511. The number of hydrogen-bond donors (Lipinski definition) is 1. The van der Waals surface area contributed by atoms with Crippen LogP contribution in [0.2, 0.25) is 0 Å². The minimum Gasteiger partial charge on any atom is -0.269 e. The normalized spacial score (nSPS) is 10.9. The molecule has 1 rings (SSSR count). The molecule has 0 atom stereocenters. The second-order valence-corrected chi connectivity index (χ2v) is 2.74. The van der Waals surface area contributed by atoms with Crippen molar-refractivity contribution in [3.63, 3.8) is 0 Å². The third-order valence-electron chi connectivity index (χ3n) is 1.68. The summed E-state index contributed by atoms with van der Waals surface area (Å²) in [6.07, 6.45) is -3.39. The van der Waals surface area contributed by atoms with Gasteiger partial charge in [-0.15, -0.1) is 0 Å². The summed E-state index contributed by atoms with van der Waals surface area (Å²) in [5.74, 6) is -1.18. The molecule has 0 radical (unpaired) electrons. The monoisotopic (exact) mass is 215 g/mol. The summed E-state index contributed by atoms with van der Waals surface area (Å²) < 4.78 is 35.6. The van der Waals surface area contributed by atoms with E-state index in [9.17, 15) is 18.0 Å². The molecule has 1 N–H and O–H groups in total. The van der Waals surface area contributed by atoms with E-state index in [1.807, 2.05) is 0 Å². The minimum atomic E-state index is -4.72. The molecule has 1 aromatic carbocycles. The van der Waals surface area contributed by atoms with Crippen LogP contribution in [0.25, 0.3) is 6.08 Å². The molecule has 0 saturated carbocycles. The lowest BCUT2D eigenvalue weighted by molar-refractivity contribution is -0.146. The van der Waals surface area contributed by atoms with Crippen molar-refractivity contribution in [2.24, 2.45) is 0 Å². The molecule has 0 aliphatic rings. The molecular formula is C10H8F3NO. The average Bonchev–Trinajstić information content (AvgIpc) is 2.15.